The smallest absolute Gasteiger partial charge is 0.319 e. The minimum absolute atomic E-state index is 0.0232. The van der Waals surface area contributed by atoms with Gasteiger partial charge in [0.05, 0.1) is 11.1 Å². The second-order valence-electron chi connectivity index (χ2n) is 4.35. The zero-order valence-corrected chi connectivity index (χ0v) is 11.2. The molecule has 0 atom stereocenters. The fourth-order valence-electron chi connectivity index (χ4n) is 1.98. The molecular weight excluding hydrogens is 285 g/mol. The molecular formula is C12H12NO6P. The van der Waals surface area contributed by atoms with Crippen molar-refractivity contribution >= 4 is 24.9 Å². The molecule has 0 fully saturated rings. The molecule has 1 aromatic rings. The molecule has 2 N–H and O–H groups in total. The van der Waals surface area contributed by atoms with Crippen molar-refractivity contribution in [2.24, 2.45) is 0 Å². The quantitative estimate of drug-likeness (QED) is 0.613. The second kappa shape index (κ2) is 5.28. The molecule has 1 aliphatic rings. The van der Waals surface area contributed by atoms with Crippen molar-refractivity contribution in [3.05, 3.63) is 35.4 Å². The summed E-state index contributed by atoms with van der Waals surface area (Å²) in [4.78, 5) is 53.2. The van der Waals surface area contributed by atoms with Gasteiger partial charge < -0.3 is 9.79 Å². The summed E-state index contributed by atoms with van der Waals surface area (Å²) < 4.78 is 10.7. The number of fused-ring (bicyclic) bond motifs is 1. The van der Waals surface area contributed by atoms with Crippen molar-refractivity contribution in [2.75, 3.05) is 6.54 Å². The Bertz CT molecular complexity index is 600. The maximum Gasteiger partial charge on any atom is 0.391 e. The van der Waals surface area contributed by atoms with Crippen molar-refractivity contribution in [2.45, 2.75) is 12.8 Å². The number of carbonyl (C=O) groups excluding carboxylic acids is 3. The van der Waals surface area contributed by atoms with Crippen LogP contribution in [0.1, 0.15) is 33.6 Å². The van der Waals surface area contributed by atoms with Crippen LogP contribution in [0.2, 0.25) is 0 Å². The molecule has 0 spiro atoms. The molecule has 0 radical (unpaired) electrons. The van der Waals surface area contributed by atoms with Gasteiger partial charge in [-0.3, -0.25) is 23.8 Å². The molecule has 0 saturated carbocycles. The van der Waals surface area contributed by atoms with Gasteiger partial charge in [0, 0.05) is 13.0 Å². The van der Waals surface area contributed by atoms with Gasteiger partial charge in [-0.1, -0.05) is 12.1 Å². The maximum absolute atomic E-state index is 11.9. The van der Waals surface area contributed by atoms with Crippen LogP contribution in [0.4, 0.5) is 0 Å². The molecule has 8 heteroatoms. The third-order valence-electron chi connectivity index (χ3n) is 2.98. The summed E-state index contributed by atoms with van der Waals surface area (Å²) in [5.41, 5.74) is -0.577. The SMILES string of the molecule is O=C1c2ccccc2C(=O)N1CCCC(=O)P(=O)(O)O. The fraction of sp³-hybridized carbons (Fsp3) is 0.250. The van der Waals surface area contributed by atoms with Crippen LogP contribution in [0.25, 0.3) is 0 Å². The molecule has 1 aromatic carbocycles. The highest BCUT2D eigenvalue weighted by Crippen LogP contribution is 2.37. The lowest BCUT2D eigenvalue weighted by Gasteiger charge is -2.13. The molecule has 0 saturated heterocycles. The highest BCUT2D eigenvalue weighted by atomic mass is 31.2. The first kappa shape index (κ1) is 14.6. The van der Waals surface area contributed by atoms with E-state index in [4.69, 9.17) is 9.79 Å². The van der Waals surface area contributed by atoms with Crippen molar-refractivity contribution < 1.29 is 28.7 Å². The number of benzene rings is 1. The molecule has 2 rings (SSSR count). The van der Waals surface area contributed by atoms with E-state index < -0.39 is 24.9 Å². The van der Waals surface area contributed by atoms with Crippen LogP contribution in [0.3, 0.4) is 0 Å². The molecule has 0 bridgehead atoms. The highest BCUT2D eigenvalue weighted by Gasteiger charge is 2.35. The molecule has 1 aliphatic heterocycles. The zero-order valence-electron chi connectivity index (χ0n) is 10.4. The molecule has 7 nitrogen and oxygen atoms in total. The monoisotopic (exact) mass is 297 g/mol. The number of hydrogen-bond acceptors (Lipinski definition) is 4. The summed E-state index contributed by atoms with van der Waals surface area (Å²) in [6.07, 6.45) is -0.354. The Labute approximate surface area is 114 Å². The number of amides is 2. The van der Waals surface area contributed by atoms with E-state index in [2.05, 4.69) is 0 Å². The van der Waals surface area contributed by atoms with Crippen LogP contribution >= 0.6 is 7.60 Å². The Balaban J connectivity index is 2.00. The summed E-state index contributed by atoms with van der Waals surface area (Å²) in [6, 6.07) is 6.36. The topological polar surface area (TPSA) is 112 Å². The van der Waals surface area contributed by atoms with Crippen LogP contribution in [-0.2, 0) is 9.36 Å². The van der Waals surface area contributed by atoms with Gasteiger partial charge in [-0.05, 0) is 18.6 Å². The zero-order chi connectivity index (χ0) is 14.9. The van der Waals surface area contributed by atoms with Crippen LogP contribution in [-0.4, -0.2) is 38.6 Å². The number of carbonyl (C=O) groups is 3. The van der Waals surface area contributed by atoms with Gasteiger partial charge in [0.1, 0.15) is 0 Å². The molecule has 1 heterocycles. The molecule has 0 unspecified atom stereocenters. The first-order valence-electron chi connectivity index (χ1n) is 5.86. The Hall–Kier alpha value is -1.82. The number of rotatable bonds is 5. The summed E-state index contributed by atoms with van der Waals surface area (Å²) in [6.45, 7) is -0.0436. The van der Waals surface area contributed by atoms with Gasteiger partial charge >= 0.3 is 7.60 Å². The van der Waals surface area contributed by atoms with Crippen molar-refractivity contribution in [3.8, 4) is 0 Å². The Morgan fingerprint density at radius 3 is 2.05 bits per heavy atom. The number of hydrogen-bond donors (Lipinski definition) is 2. The van der Waals surface area contributed by atoms with E-state index in [0.717, 1.165) is 4.90 Å². The Morgan fingerprint density at radius 2 is 1.60 bits per heavy atom. The number of imide groups is 1. The van der Waals surface area contributed by atoms with E-state index in [1.807, 2.05) is 0 Å². The van der Waals surface area contributed by atoms with E-state index in [1.54, 1.807) is 12.1 Å². The predicted molar refractivity (Wildman–Crippen MR) is 68.1 cm³/mol. The van der Waals surface area contributed by atoms with Crippen LogP contribution in [0, 0.1) is 0 Å². The Kier molecular flexibility index (Phi) is 3.85. The number of nitrogens with zero attached hydrogens (tertiary/aromatic N) is 1. The maximum atomic E-state index is 11.9. The molecule has 0 aromatic heterocycles. The van der Waals surface area contributed by atoms with Crippen LogP contribution < -0.4 is 0 Å². The summed E-state index contributed by atoms with van der Waals surface area (Å²) in [5, 5.41) is 0. The van der Waals surface area contributed by atoms with E-state index in [1.165, 1.54) is 12.1 Å². The van der Waals surface area contributed by atoms with Gasteiger partial charge in [0.25, 0.3) is 11.8 Å². The van der Waals surface area contributed by atoms with Crippen LogP contribution in [0.15, 0.2) is 24.3 Å². The molecule has 0 aliphatic carbocycles. The minimum atomic E-state index is -4.73. The third kappa shape index (κ3) is 2.70. The predicted octanol–water partition coefficient (Wildman–Crippen LogP) is 0.767. The van der Waals surface area contributed by atoms with Crippen molar-refractivity contribution in [1.82, 2.24) is 4.90 Å². The normalized spacial score (nSPS) is 14.6. The summed E-state index contributed by atoms with van der Waals surface area (Å²) >= 11 is 0. The van der Waals surface area contributed by atoms with E-state index in [9.17, 15) is 18.9 Å². The fourth-order valence-corrected chi connectivity index (χ4v) is 2.43. The average Bonchev–Trinajstić information content (AvgIpc) is 2.63. The first-order valence-corrected chi connectivity index (χ1v) is 7.48. The lowest BCUT2D eigenvalue weighted by Crippen LogP contribution is -2.31. The minimum Gasteiger partial charge on any atom is -0.319 e. The van der Waals surface area contributed by atoms with Crippen molar-refractivity contribution in [3.63, 3.8) is 0 Å². The average molecular weight is 297 g/mol. The summed E-state index contributed by atoms with van der Waals surface area (Å²) in [5.74, 6) is -0.900. The second-order valence-corrected chi connectivity index (χ2v) is 5.94. The summed E-state index contributed by atoms with van der Waals surface area (Å²) in [7, 11) is -4.73. The van der Waals surface area contributed by atoms with Gasteiger partial charge in [-0.25, -0.2) is 0 Å². The largest absolute Gasteiger partial charge is 0.391 e. The lowest BCUT2D eigenvalue weighted by atomic mass is 10.1. The first-order chi connectivity index (χ1) is 9.32. The van der Waals surface area contributed by atoms with E-state index in [-0.39, 0.29) is 19.4 Å². The highest BCUT2D eigenvalue weighted by molar-refractivity contribution is 7.70. The van der Waals surface area contributed by atoms with Gasteiger partial charge in [-0.2, -0.15) is 0 Å². The molecule has 2 amide bonds. The van der Waals surface area contributed by atoms with Gasteiger partial charge in [0.2, 0.25) is 5.52 Å². The Morgan fingerprint density at radius 1 is 1.10 bits per heavy atom. The standard InChI is InChI=1S/C12H12NO6P/c14-10(20(17,18)19)6-3-7-13-11(15)8-4-1-2-5-9(8)12(13)16/h1-2,4-5H,3,6-7H2,(H2,17,18,19). The van der Waals surface area contributed by atoms with Gasteiger partial charge in [-0.15, -0.1) is 0 Å². The lowest BCUT2D eigenvalue weighted by molar-refractivity contribution is -0.113. The molecule has 106 valence electrons. The van der Waals surface area contributed by atoms with E-state index >= 15 is 0 Å². The third-order valence-corrected chi connectivity index (χ3v) is 3.85. The van der Waals surface area contributed by atoms with Crippen LogP contribution in [0.5, 0.6) is 0 Å². The van der Waals surface area contributed by atoms with E-state index in [0.29, 0.717) is 11.1 Å². The molecule has 20 heavy (non-hydrogen) atoms. The van der Waals surface area contributed by atoms with Gasteiger partial charge in [0.15, 0.2) is 0 Å². The van der Waals surface area contributed by atoms with Crippen molar-refractivity contribution in [1.29, 1.82) is 0 Å².